The van der Waals surface area contributed by atoms with Gasteiger partial charge in [-0.3, -0.25) is 4.90 Å². The van der Waals surface area contributed by atoms with Crippen molar-refractivity contribution in [1.29, 1.82) is 0 Å². The zero-order chi connectivity index (χ0) is 13.2. The van der Waals surface area contributed by atoms with Crippen LogP contribution >= 0.6 is 0 Å². The van der Waals surface area contributed by atoms with Gasteiger partial charge in [0.15, 0.2) is 5.82 Å². The zero-order valence-corrected chi connectivity index (χ0v) is 11.6. The summed E-state index contributed by atoms with van der Waals surface area (Å²) in [7, 11) is 0. The van der Waals surface area contributed by atoms with Gasteiger partial charge in [0.2, 0.25) is 0 Å². The second kappa shape index (κ2) is 5.13. The van der Waals surface area contributed by atoms with E-state index < -0.39 is 0 Å². The van der Waals surface area contributed by atoms with Crippen LogP contribution in [0.5, 0.6) is 0 Å². The molecule has 0 fully saturated rings. The maximum absolute atomic E-state index is 4.69. The Hall–Kier alpha value is -1.68. The molecule has 1 aromatic heterocycles. The molecule has 0 N–H and O–H groups in total. The highest BCUT2D eigenvalue weighted by atomic mass is 15.4. The third-order valence-corrected chi connectivity index (χ3v) is 3.67. The normalized spacial score (nSPS) is 15.7. The van der Waals surface area contributed by atoms with Crippen molar-refractivity contribution < 1.29 is 0 Å². The van der Waals surface area contributed by atoms with Crippen molar-refractivity contribution in [1.82, 2.24) is 19.7 Å². The number of nitrogens with zero attached hydrogens (tertiary/aromatic N) is 4. The molecular weight excluding hydrogens is 236 g/mol. The Kier molecular flexibility index (Phi) is 3.34. The number of rotatable bonds is 3. The summed E-state index contributed by atoms with van der Waals surface area (Å²) in [6, 6.07) is 11.0. The van der Waals surface area contributed by atoms with Crippen molar-refractivity contribution in [3.05, 3.63) is 47.5 Å². The van der Waals surface area contributed by atoms with Crippen LogP contribution in [-0.2, 0) is 19.5 Å². The van der Waals surface area contributed by atoms with Crippen LogP contribution in [0.3, 0.4) is 0 Å². The third-order valence-electron chi connectivity index (χ3n) is 3.67. The van der Waals surface area contributed by atoms with E-state index in [9.17, 15) is 0 Å². The fourth-order valence-electron chi connectivity index (χ4n) is 2.50. The van der Waals surface area contributed by atoms with E-state index in [0.717, 1.165) is 37.7 Å². The van der Waals surface area contributed by atoms with Gasteiger partial charge in [-0.15, -0.1) is 0 Å². The van der Waals surface area contributed by atoms with Gasteiger partial charge in [-0.1, -0.05) is 30.3 Å². The van der Waals surface area contributed by atoms with E-state index >= 15 is 0 Å². The molecule has 1 aliphatic rings. The van der Waals surface area contributed by atoms with E-state index in [-0.39, 0.29) is 0 Å². The van der Waals surface area contributed by atoms with Gasteiger partial charge in [0, 0.05) is 19.0 Å². The van der Waals surface area contributed by atoms with Gasteiger partial charge in [0.25, 0.3) is 0 Å². The Morgan fingerprint density at radius 3 is 2.68 bits per heavy atom. The smallest absolute Gasteiger partial charge is 0.155 e. The first-order valence-corrected chi connectivity index (χ1v) is 6.93. The molecule has 0 atom stereocenters. The SMILES string of the molecule is CC(C)N1CCn2nc(Cc3ccccc3)nc2C1. The summed E-state index contributed by atoms with van der Waals surface area (Å²) < 4.78 is 2.07. The minimum absolute atomic E-state index is 0.572. The summed E-state index contributed by atoms with van der Waals surface area (Å²) in [6.07, 6.45) is 0.822. The third kappa shape index (κ3) is 2.68. The van der Waals surface area contributed by atoms with Crippen molar-refractivity contribution in [3.8, 4) is 0 Å². The highest BCUT2D eigenvalue weighted by Gasteiger charge is 2.21. The molecule has 0 saturated heterocycles. The molecule has 1 aromatic carbocycles. The Morgan fingerprint density at radius 1 is 1.16 bits per heavy atom. The lowest BCUT2D eigenvalue weighted by Gasteiger charge is -2.29. The molecule has 4 heteroatoms. The number of aromatic nitrogens is 3. The van der Waals surface area contributed by atoms with Crippen LogP contribution in [0.15, 0.2) is 30.3 Å². The topological polar surface area (TPSA) is 34.0 Å². The summed E-state index contributed by atoms with van der Waals surface area (Å²) in [5.41, 5.74) is 1.27. The van der Waals surface area contributed by atoms with Crippen LogP contribution in [0.2, 0.25) is 0 Å². The fraction of sp³-hybridized carbons (Fsp3) is 0.467. The van der Waals surface area contributed by atoms with Gasteiger partial charge in [0.05, 0.1) is 13.1 Å². The molecule has 0 amide bonds. The average Bonchev–Trinajstić information content (AvgIpc) is 2.80. The minimum Gasteiger partial charge on any atom is -0.292 e. The Labute approximate surface area is 114 Å². The van der Waals surface area contributed by atoms with Crippen molar-refractivity contribution in [3.63, 3.8) is 0 Å². The highest BCUT2D eigenvalue weighted by Crippen LogP contribution is 2.14. The first-order chi connectivity index (χ1) is 9.22. The molecule has 0 bridgehead atoms. The molecule has 0 radical (unpaired) electrons. The summed E-state index contributed by atoms with van der Waals surface area (Å²) in [5, 5.41) is 4.62. The first kappa shape index (κ1) is 12.4. The van der Waals surface area contributed by atoms with E-state index in [4.69, 9.17) is 0 Å². The van der Waals surface area contributed by atoms with Gasteiger partial charge in [-0.05, 0) is 19.4 Å². The number of hydrogen-bond donors (Lipinski definition) is 0. The molecule has 19 heavy (non-hydrogen) atoms. The minimum atomic E-state index is 0.572. The van der Waals surface area contributed by atoms with Gasteiger partial charge in [-0.2, -0.15) is 5.10 Å². The molecule has 2 heterocycles. The van der Waals surface area contributed by atoms with Crippen LogP contribution < -0.4 is 0 Å². The van der Waals surface area contributed by atoms with Crippen molar-refractivity contribution in [2.75, 3.05) is 6.54 Å². The van der Waals surface area contributed by atoms with Crippen molar-refractivity contribution >= 4 is 0 Å². The molecule has 3 rings (SSSR count). The van der Waals surface area contributed by atoms with E-state index in [2.05, 4.69) is 57.8 Å². The average molecular weight is 256 g/mol. The molecule has 4 nitrogen and oxygen atoms in total. The zero-order valence-electron chi connectivity index (χ0n) is 11.6. The molecule has 0 aliphatic carbocycles. The molecule has 0 saturated carbocycles. The largest absolute Gasteiger partial charge is 0.292 e. The van der Waals surface area contributed by atoms with E-state index in [1.54, 1.807) is 0 Å². The lowest BCUT2D eigenvalue weighted by atomic mass is 10.1. The maximum Gasteiger partial charge on any atom is 0.155 e. The maximum atomic E-state index is 4.69. The molecule has 0 spiro atoms. The standard InChI is InChI=1S/C15H20N4/c1-12(2)18-8-9-19-15(11-18)16-14(17-19)10-13-6-4-3-5-7-13/h3-7,12H,8-11H2,1-2H3. The highest BCUT2D eigenvalue weighted by molar-refractivity contribution is 5.18. The summed E-state index contributed by atoms with van der Waals surface area (Å²) in [5.74, 6) is 2.04. The van der Waals surface area contributed by atoms with Gasteiger partial charge < -0.3 is 0 Å². The summed E-state index contributed by atoms with van der Waals surface area (Å²) >= 11 is 0. The van der Waals surface area contributed by atoms with Crippen LogP contribution in [0, 0.1) is 0 Å². The van der Waals surface area contributed by atoms with E-state index in [1.807, 2.05) is 6.07 Å². The van der Waals surface area contributed by atoms with Gasteiger partial charge in [-0.25, -0.2) is 9.67 Å². The van der Waals surface area contributed by atoms with E-state index in [1.165, 1.54) is 5.56 Å². The predicted molar refractivity (Wildman–Crippen MR) is 74.8 cm³/mol. The van der Waals surface area contributed by atoms with Crippen molar-refractivity contribution in [2.45, 2.75) is 39.4 Å². The lowest BCUT2D eigenvalue weighted by molar-refractivity contribution is 0.167. The molecule has 2 aromatic rings. The number of fused-ring (bicyclic) bond motifs is 1. The Morgan fingerprint density at radius 2 is 1.95 bits per heavy atom. The summed E-state index contributed by atoms with van der Waals surface area (Å²) in [6.45, 7) is 7.40. The van der Waals surface area contributed by atoms with Crippen LogP contribution in [0.4, 0.5) is 0 Å². The van der Waals surface area contributed by atoms with Crippen LogP contribution in [-0.4, -0.2) is 32.3 Å². The molecule has 0 unspecified atom stereocenters. The lowest BCUT2D eigenvalue weighted by Crippen LogP contribution is -2.38. The second-order valence-electron chi connectivity index (χ2n) is 5.39. The predicted octanol–water partition coefficient (Wildman–Crippen LogP) is 2.09. The quantitative estimate of drug-likeness (QED) is 0.843. The number of hydrogen-bond acceptors (Lipinski definition) is 3. The Balaban J connectivity index is 1.76. The monoisotopic (exact) mass is 256 g/mol. The summed E-state index contributed by atoms with van der Waals surface area (Å²) in [4.78, 5) is 7.13. The molecule has 100 valence electrons. The van der Waals surface area contributed by atoms with Gasteiger partial charge in [0.1, 0.15) is 5.82 Å². The molecule has 1 aliphatic heterocycles. The van der Waals surface area contributed by atoms with Gasteiger partial charge >= 0.3 is 0 Å². The first-order valence-electron chi connectivity index (χ1n) is 6.93. The Bertz CT molecular complexity index is 545. The molecular formula is C15H20N4. The second-order valence-corrected chi connectivity index (χ2v) is 5.39. The van der Waals surface area contributed by atoms with Crippen molar-refractivity contribution in [2.24, 2.45) is 0 Å². The fourth-order valence-corrected chi connectivity index (χ4v) is 2.50. The number of benzene rings is 1. The van der Waals surface area contributed by atoms with E-state index in [0.29, 0.717) is 6.04 Å². The van der Waals surface area contributed by atoms with Crippen LogP contribution in [0.1, 0.15) is 31.1 Å². The van der Waals surface area contributed by atoms with Crippen LogP contribution in [0.25, 0.3) is 0 Å².